The van der Waals surface area contributed by atoms with Crippen LogP contribution >= 0.6 is 27.3 Å². The van der Waals surface area contributed by atoms with E-state index in [-0.39, 0.29) is 0 Å². The second-order valence-corrected chi connectivity index (χ2v) is 6.15. The molecule has 0 saturated carbocycles. The first-order valence-electron chi connectivity index (χ1n) is 5.19. The number of rotatable bonds is 4. The maximum Gasteiger partial charge on any atom is 0.0538 e. The van der Waals surface area contributed by atoms with Gasteiger partial charge < -0.3 is 10.1 Å². The Balaban J connectivity index is 2.06. The highest BCUT2D eigenvalue weighted by Gasteiger charge is 2.34. The molecule has 0 radical (unpaired) electrons. The highest BCUT2D eigenvalue weighted by atomic mass is 79.9. The molecular weight excluding hydrogens is 274 g/mol. The average molecular weight is 290 g/mol. The summed E-state index contributed by atoms with van der Waals surface area (Å²) in [6.07, 6.45) is 2.30. The lowest BCUT2D eigenvalue weighted by Gasteiger charge is -2.26. The van der Waals surface area contributed by atoms with Gasteiger partial charge in [0.25, 0.3) is 0 Å². The van der Waals surface area contributed by atoms with Gasteiger partial charge in [-0.1, -0.05) is 0 Å². The van der Waals surface area contributed by atoms with E-state index in [0.717, 1.165) is 26.2 Å². The summed E-state index contributed by atoms with van der Waals surface area (Å²) in [6.45, 7) is 2.85. The zero-order valence-electron chi connectivity index (χ0n) is 8.88. The molecule has 1 fully saturated rings. The van der Waals surface area contributed by atoms with E-state index in [9.17, 15) is 0 Å². The van der Waals surface area contributed by atoms with Crippen LogP contribution in [0.3, 0.4) is 0 Å². The van der Waals surface area contributed by atoms with E-state index >= 15 is 0 Å². The molecule has 1 unspecified atom stereocenters. The van der Waals surface area contributed by atoms with E-state index in [0.29, 0.717) is 5.41 Å². The van der Waals surface area contributed by atoms with E-state index < -0.39 is 0 Å². The second-order valence-electron chi connectivity index (χ2n) is 4.24. The lowest BCUT2D eigenvalue weighted by atomic mass is 9.83. The fourth-order valence-electron chi connectivity index (χ4n) is 2.18. The SMILES string of the molecule is CNCC1(Cc2cc(Br)cs2)CCOC1. The number of nitrogens with one attached hydrogen (secondary N) is 1. The smallest absolute Gasteiger partial charge is 0.0538 e. The normalized spacial score (nSPS) is 26.0. The van der Waals surface area contributed by atoms with Crippen LogP contribution in [0.1, 0.15) is 11.3 Å². The molecule has 1 aromatic rings. The van der Waals surface area contributed by atoms with Gasteiger partial charge >= 0.3 is 0 Å². The molecule has 1 saturated heterocycles. The van der Waals surface area contributed by atoms with Gasteiger partial charge in [0.15, 0.2) is 0 Å². The Kier molecular flexibility index (Phi) is 3.83. The molecule has 2 heterocycles. The van der Waals surface area contributed by atoms with Crippen LogP contribution in [-0.4, -0.2) is 26.8 Å². The van der Waals surface area contributed by atoms with Gasteiger partial charge in [-0.25, -0.2) is 0 Å². The van der Waals surface area contributed by atoms with Gasteiger partial charge in [-0.3, -0.25) is 0 Å². The molecule has 2 nitrogen and oxygen atoms in total. The number of halogens is 1. The van der Waals surface area contributed by atoms with Crippen molar-refractivity contribution in [2.45, 2.75) is 12.8 Å². The molecule has 0 spiro atoms. The summed E-state index contributed by atoms with van der Waals surface area (Å²) in [7, 11) is 2.02. The number of hydrogen-bond acceptors (Lipinski definition) is 3. The summed E-state index contributed by atoms with van der Waals surface area (Å²) >= 11 is 5.33. The van der Waals surface area contributed by atoms with E-state index in [1.807, 2.05) is 18.4 Å². The quantitative estimate of drug-likeness (QED) is 0.920. The monoisotopic (exact) mass is 289 g/mol. The van der Waals surface area contributed by atoms with E-state index in [1.54, 1.807) is 0 Å². The first-order chi connectivity index (χ1) is 7.24. The van der Waals surface area contributed by atoms with Crippen molar-refractivity contribution in [3.05, 3.63) is 20.8 Å². The first-order valence-corrected chi connectivity index (χ1v) is 6.87. The molecule has 1 atom stereocenters. The van der Waals surface area contributed by atoms with Gasteiger partial charge in [0.1, 0.15) is 0 Å². The van der Waals surface area contributed by atoms with Gasteiger partial charge in [-0.05, 0) is 41.9 Å². The lowest BCUT2D eigenvalue weighted by Crippen LogP contribution is -2.34. The van der Waals surface area contributed by atoms with Crippen molar-refractivity contribution < 1.29 is 4.74 Å². The van der Waals surface area contributed by atoms with Gasteiger partial charge in [0.2, 0.25) is 0 Å². The van der Waals surface area contributed by atoms with Crippen molar-refractivity contribution in [1.29, 1.82) is 0 Å². The highest BCUT2D eigenvalue weighted by Crippen LogP contribution is 2.34. The minimum absolute atomic E-state index is 0.318. The van der Waals surface area contributed by atoms with Crippen LogP contribution in [0.5, 0.6) is 0 Å². The minimum Gasteiger partial charge on any atom is -0.381 e. The lowest BCUT2D eigenvalue weighted by molar-refractivity contribution is 0.151. The van der Waals surface area contributed by atoms with Gasteiger partial charge in [-0.15, -0.1) is 11.3 Å². The van der Waals surface area contributed by atoms with Crippen LogP contribution in [0.25, 0.3) is 0 Å². The number of ether oxygens (including phenoxy) is 1. The standard InChI is InChI=1S/C11H16BrNOS/c1-13-7-11(2-3-14-8-11)5-10-4-9(12)6-15-10/h4,6,13H,2-3,5,7-8H2,1H3. The number of hydrogen-bond donors (Lipinski definition) is 1. The third-order valence-electron chi connectivity index (χ3n) is 2.91. The fourth-order valence-corrected chi connectivity index (χ4v) is 3.81. The molecule has 0 aromatic carbocycles. The van der Waals surface area contributed by atoms with Crippen LogP contribution in [0, 0.1) is 5.41 Å². The molecular formula is C11H16BrNOS. The molecule has 0 amide bonds. The van der Waals surface area contributed by atoms with Crippen LogP contribution in [0.4, 0.5) is 0 Å². The molecule has 84 valence electrons. The van der Waals surface area contributed by atoms with Gasteiger partial charge in [-0.2, -0.15) is 0 Å². The van der Waals surface area contributed by atoms with Crippen molar-refractivity contribution in [1.82, 2.24) is 5.32 Å². The summed E-state index contributed by atoms with van der Waals surface area (Å²) in [6, 6.07) is 2.22. The third-order valence-corrected chi connectivity index (χ3v) is 4.61. The highest BCUT2D eigenvalue weighted by molar-refractivity contribution is 9.10. The van der Waals surface area contributed by atoms with Crippen LogP contribution in [0.2, 0.25) is 0 Å². The van der Waals surface area contributed by atoms with Crippen LogP contribution < -0.4 is 5.32 Å². The third kappa shape index (κ3) is 2.81. The van der Waals surface area contributed by atoms with Crippen molar-refractivity contribution in [3.8, 4) is 0 Å². The topological polar surface area (TPSA) is 21.3 Å². The van der Waals surface area contributed by atoms with E-state index in [2.05, 4.69) is 32.7 Å². The van der Waals surface area contributed by atoms with Crippen molar-refractivity contribution in [2.24, 2.45) is 5.41 Å². The van der Waals surface area contributed by atoms with Gasteiger partial charge in [0.05, 0.1) is 6.61 Å². The Hall–Kier alpha value is 0.1000. The van der Waals surface area contributed by atoms with Crippen molar-refractivity contribution >= 4 is 27.3 Å². The Bertz CT molecular complexity index is 320. The summed E-state index contributed by atoms with van der Waals surface area (Å²) in [5.74, 6) is 0. The largest absolute Gasteiger partial charge is 0.381 e. The Morgan fingerprint density at radius 1 is 1.67 bits per heavy atom. The molecule has 1 aliphatic rings. The predicted molar refractivity (Wildman–Crippen MR) is 67.5 cm³/mol. The zero-order valence-corrected chi connectivity index (χ0v) is 11.3. The van der Waals surface area contributed by atoms with Gasteiger partial charge in [0, 0.05) is 33.3 Å². The second kappa shape index (κ2) is 4.95. The fraction of sp³-hybridized carbons (Fsp3) is 0.636. The van der Waals surface area contributed by atoms with E-state index in [4.69, 9.17) is 4.74 Å². The molecule has 0 bridgehead atoms. The van der Waals surface area contributed by atoms with Crippen LogP contribution in [0.15, 0.2) is 15.9 Å². The Morgan fingerprint density at radius 2 is 2.53 bits per heavy atom. The van der Waals surface area contributed by atoms with Crippen molar-refractivity contribution in [2.75, 3.05) is 26.8 Å². The molecule has 1 aliphatic heterocycles. The molecule has 4 heteroatoms. The van der Waals surface area contributed by atoms with E-state index in [1.165, 1.54) is 15.8 Å². The van der Waals surface area contributed by atoms with Crippen LogP contribution in [-0.2, 0) is 11.2 Å². The summed E-state index contributed by atoms with van der Waals surface area (Å²) < 4.78 is 6.74. The summed E-state index contributed by atoms with van der Waals surface area (Å²) in [4.78, 5) is 1.45. The Labute approximate surface area is 103 Å². The summed E-state index contributed by atoms with van der Waals surface area (Å²) in [5.41, 5.74) is 0.318. The summed E-state index contributed by atoms with van der Waals surface area (Å²) in [5, 5.41) is 5.44. The molecule has 1 N–H and O–H groups in total. The predicted octanol–water partition coefficient (Wildman–Crippen LogP) is 2.68. The zero-order chi connectivity index (χ0) is 10.7. The molecule has 0 aliphatic carbocycles. The molecule has 1 aromatic heterocycles. The maximum atomic E-state index is 5.54. The number of thiophene rings is 1. The molecule has 15 heavy (non-hydrogen) atoms. The first kappa shape index (κ1) is 11.6. The maximum absolute atomic E-state index is 5.54. The molecule has 2 rings (SSSR count). The van der Waals surface area contributed by atoms with Crippen molar-refractivity contribution in [3.63, 3.8) is 0 Å². The average Bonchev–Trinajstić information content (AvgIpc) is 2.78. The minimum atomic E-state index is 0.318. The Morgan fingerprint density at radius 3 is 3.07 bits per heavy atom.